The number of piperazine rings is 1. The number of rotatable bonds is 7. The highest BCUT2D eigenvalue weighted by molar-refractivity contribution is 5.96. The minimum Gasteiger partial charge on any atom is -0.462 e. The molecule has 0 N–H and O–H groups in total. The molecule has 4 aromatic rings. The summed E-state index contributed by atoms with van der Waals surface area (Å²) in [5.41, 5.74) is 2.52. The highest BCUT2D eigenvalue weighted by Gasteiger charge is 2.33. The average Bonchev–Trinajstić information content (AvgIpc) is 3.42. The predicted octanol–water partition coefficient (Wildman–Crippen LogP) is 6.46. The summed E-state index contributed by atoms with van der Waals surface area (Å²) in [6, 6.07) is 22.6. The van der Waals surface area contributed by atoms with Gasteiger partial charge >= 0.3 is 12.1 Å². The first-order valence-corrected chi connectivity index (χ1v) is 17.2. The number of para-hydroxylation sites is 1. The number of likely N-dealkylation sites (N-methyl/N-ethyl adjacent to an activating group) is 1. The van der Waals surface area contributed by atoms with Crippen LogP contribution >= 0.6 is 0 Å². The number of ether oxygens (including phenoxy) is 3. The third-order valence-corrected chi connectivity index (χ3v) is 9.43. The molecule has 1 aromatic heterocycles. The number of nitrogens with zero attached hydrogens (tertiary/aromatic N) is 6. The van der Waals surface area contributed by atoms with Crippen LogP contribution < -0.4 is 19.3 Å². The number of amides is 1. The van der Waals surface area contributed by atoms with Gasteiger partial charge in [0.05, 0.1) is 12.2 Å². The molecule has 0 unspecified atom stereocenters. The molecule has 0 radical (unpaired) electrons. The van der Waals surface area contributed by atoms with E-state index in [0.717, 1.165) is 58.0 Å². The van der Waals surface area contributed by atoms with E-state index in [1.807, 2.05) is 69.1 Å². The number of carbonyl (C=O) groups excluding carboxylic acids is 1. The molecule has 0 aliphatic carbocycles. The normalized spacial score (nSPS) is 20.0. The first-order chi connectivity index (χ1) is 23.6. The Labute approximate surface area is 287 Å². The van der Waals surface area contributed by atoms with Crippen LogP contribution in [-0.4, -0.2) is 96.6 Å². The maximum absolute atomic E-state index is 14.1. The lowest BCUT2D eigenvalue weighted by molar-refractivity contribution is 0.0240. The van der Waals surface area contributed by atoms with E-state index in [-0.39, 0.29) is 12.1 Å². The summed E-state index contributed by atoms with van der Waals surface area (Å²) >= 11 is 0. The van der Waals surface area contributed by atoms with Gasteiger partial charge in [-0.1, -0.05) is 42.5 Å². The Morgan fingerprint density at radius 2 is 1.67 bits per heavy atom. The van der Waals surface area contributed by atoms with Crippen LogP contribution in [0.4, 0.5) is 20.7 Å². The number of hydrogen-bond donors (Lipinski definition) is 0. The van der Waals surface area contributed by atoms with Gasteiger partial charge < -0.3 is 28.9 Å². The van der Waals surface area contributed by atoms with Crippen LogP contribution in [0, 0.1) is 0 Å². The highest BCUT2D eigenvalue weighted by Crippen LogP contribution is 2.38. The fourth-order valence-electron chi connectivity index (χ4n) is 6.93. The average molecular weight is 669 g/mol. The van der Waals surface area contributed by atoms with Crippen LogP contribution in [0.15, 0.2) is 66.7 Å². The summed E-state index contributed by atoms with van der Waals surface area (Å²) < 4.78 is 32.3. The number of halogens is 1. The number of hydrogen-bond acceptors (Lipinski definition) is 9. The van der Waals surface area contributed by atoms with Crippen molar-refractivity contribution in [3.8, 4) is 17.5 Å². The summed E-state index contributed by atoms with van der Waals surface area (Å²) in [6.45, 7) is 9.98. The minimum absolute atomic E-state index is 0.0364. The maximum atomic E-state index is 14.1. The quantitative estimate of drug-likeness (QED) is 0.220. The van der Waals surface area contributed by atoms with Gasteiger partial charge in [0.1, 0.15) is 35.7 Å². The maximum Gasteiger partial charge on any atom is 0.410 e. The van der Waals surface area contributed by atoms with Crippen molar-refractivity contribution in [3.05, 3.63) is 78.0 Å². The Bertz CT molecular complexity index is 1790. The van der Waals surface area contributed by atoms with E-state index in [1.165, 1.54) is 0 Å². The Hall–Kier alpha value is -4.64. The van der Waals surface area contributed by atoms with Gasteiger partial charge in [-0.15, -0.1) is 0 Å². The molecule has 10 nitrogen and oxygen atoms in total. The topological polar surface area (TPSA) is 83.5 Å². The first kappa shape index (κ1) is 32.9. The molecule has 3 aliphatic heterocycles. The molecule has 1 amide bonds. The standard InChI is InChI=1S/C38H45FN6O4/c1-38(2,3)49-37(46)44-18-16-43(17-19-44)35-32-14-15-45(24-33(32)40-36(41-35)47-25-28-21-27(39)23-42(28)4)34-22-30(48-29-11-6-5-7-12-29)20-26-10-8-9-13-31(26)34/h5-13,20,22,27-28H,14-19,21,23-25H2,1-4H3/t27-,28+/m1/s1. The number of benzene rings is 3. The molecule has 0 spiro atoms. The van der Waals surface area contributed by atoms with Gasteiger partial charge in [0.25, 0.3) is 0 Å². The molecular weight excluding hydrogens is 623 g/mol. The van der Waals surface area contributed by atoms with Gasteiger partial charge in [0.15, 0.2) is 0 Å². The molecule has 0 saturated carbocycles. The first-order valence-electron chi connectivity index (χ1n) is 17.2. The lowest BCUT2D eigenvalue weighted by Gasteiger charge is -2.38. The molecule has 2 fully saturated rings. The smallest absolute Gasteiger partial charge is 0.410 e. The van der Waals surface area contributed by atoms with Gasteiger partial charge in [0.2, 0.25) is 0 Å². The number of carbonyl (C=O) groups is 1. The number of fused-ring (bicyclic) bond motifs is 2. The van der Waals surface area contributed by atoms with Gasteiger partial charge in [0, 0.05) is 68.0 Å². The summed E-state index contributed by atoms with van der Waals surface area (Å²) in [6.07, 6.45) is 0.0203. The summed E-state index contributed by atoms with van der Waals surface area (Å²) in [7, 11) is 1.93. The number of anilines is 2. The van der Waals surface area contributed by atoms with E-state index < -0.39 is 11.8 Å². The number of aromatic nitrogens is 2. The van der Waals surface area contributed by atoms with E-state index in [2.05, 4.69) is 40.1 Å². The summed E-state index contributed by atoms with van der Waals surface area (Å²) in [4.78, 5) is 31.1. The fraction of sp³-hybridized carbons (Fsp3) is 0.447. The molecule has 2 atom stereocenters. The van der Waals surface area contributed by atoms with Gasteiger partial charge in [-0.3, -0.25) is 4.90 Å². The molecular formula is C38H45FN6O4. The van der Waals surface area contributed by atoms with Crippen LogP contribution in [-0.2, 0) is 17.7 Å². The van der Waals surface area contributed by atoms with Crippen molar-refractivity contribution in [2.45, 2.75) is 58.0 Å². The Kier molecular flexibility index (Phi) is 9.19. The zero-order chi connectivity index (χ0) is 34.1. The Balaban J connectivity index is 1.18. The molecule has 2 saturated heterocycles. The second-order valence-electron chi connectivity index (χ2n) is 14.2. The SMILES string of the molecule is CN1C[C@H](F)C[C@H]1COc1nc2c(c(N3CCN(C(=O)OC(C)(C)C)CC3)n1)CCN(c1cc(Oc3ccccc3)cc3ccccc13)C2. The Morgan fingerprint density at radius 3 is 2.41 bits per heavy atom. The third-order valence-electron chi connectivity index (χ3n) is 9.43. The number of alkyl halides is 1. The molecule has 3 aromatic carbocycles. The third kappa shape index (κ3) is 7.51. The monoisotopic (exact) mass is 668 g/mol. The van der Waals surface area contributed by atoms with Crippen LogP contribution in [0.2, 0.25) is 0 Å². The van der Waals surface area contributed by atoms with Crippen LogP contribution in [0.5, 0.6) is 17.5 Å². The van der Waals surface area contributed by atoms with Gasteiger partial charge in [-0.05, 0) is 64.2 Å². The Morgan fingerprint density at radius 1 is 0.918 bits per heavy atom. The van der Waals surface area contributed by atoms with E-state index in [0.29, 0.717) is 58.3 Å². The van der Waals surface area contributed by atoms with Crippen LogP contribution in [0.3, 0.4) is 0 Å². The molecule has 258 valence electrons. The predicted molar refractivity (Wildman–Crippen MR) is 189 cm³/mol. The minimum atomic E-state index is -0.857. The second-order valence-corrected chi connectivity index (χ2v) is 14.2. The highest BCUT2D eigenvalue weighted by atomic mass is 19.1. The van der Waals surface area contributed by atoms with E-state index in [1.54, 1.807) is 4.90 Å². The molecule has 4 heterocycles. The van der Waals surface area contributed by atoms with E-state index in [4.69, 9.17) is 24.2 Å². The zero-order valence-electron chi connectivity index (χ0n) is 28.8. The molecule has 49 heavy (non-hydrogen) atoms. The molecule has 0 bridgehead atoms. The summed E-state index contributed by atoms with van der Waals surface area (Å²) in [5.74, 6) is 2.40. The van der Waals surface area contributed by atoms with Crippen molar-refractivity contribution in [1.29, 1.82) is 0 Å². The fourth-order valence-corrected chi connectivity index (χ4v) is 6.93. The molecule has 3 aliphatic rings. The second kappa shape index (κ2) is 13.7. The number of likely N-dealkylation sites (tertiary alicyclic amines) is 1. The largest absolute Gasteiger partial charge is 0.462 e. The van der Waals surface area contributed by atoms with Crippen molar-refractivity contribution in [1.82, 2.24) is 19.8 Å². The van der Waals surface area contributed by atoms with E-state index in [9.17, 15) is 9.18 Å². The van der Waals surface area contributed by atoms with Crippen LogP contribution in [0.1, 0.15) is 38.4 Å². The van der Waals surface area contributed by atoms with Gasteiger partial charge in [-0.2, -0.15) is 9.97 Å². The van der Waals surface area contributed by atoms with E-state index >= 15 is 0 Å². The van der Waals surface area contributed by atoms with Crippen molar-refractivity contribution in [3.63, 3.8) is 0 Å². The van der Waals surface area contributed by atoms with Crippen LogP contribution in [0.25, 0.3) is 10.8 Å². The molecule has 11 heteroatoms. The van der Waals surface area contributed by atoms with Crippen molar-refractivity contribution in [2.24, 2.45) is 0 Å². The van der Waals surface area contributed by atoms with Crippen molar-refractivity contribution < 1.29 is 23.4 Å². The van der Waals surface area contributed by atoms with Gasteiger partial charge in [-0.25, -0.2) is 9.18 Å². The lowest BCUT2D eigenvalue weighted by Crippen LogP contribution is -2.50. The molecule has 7 rings (SSSR count). The summed E-state index contributed by atoms with van der Waals surface area (Å²) in [5, 5.41) is 2.24. The lowest BCUT2D eigenvalue weighted by atomic mass is 10.0. The van der Waals surface area contributed by atoms with Crippen molar-refractivity contribution >= 4 is 28.4 Å². The van der Waals surface area contributed by atoms with Crippen molar-refractivity contribution in [2.75, 3.05) is 62.7 Å². The zero-order valence-corrected chi connectivity index (χ0v) is 28.8.